The van der Waals surface area contributed by atoms with E-state index in [9.17, 15) is 0 Å². The summed E-state index contributed by atoms with van der Waals surface area (Å²) in [7, 11) is 0. The van der Waals surface area contributed by atoms with Crippen molar-refractivity contribution in [2.24, 2.45) is 0 Å². The highest BCUT2D eigenvalue weighted by molar-refractivity contribution is 5.85. The summed E-state index contributed by atoms with van der Waals surface area (Å²) < 4.78 is 0. The number of nitrogens with zero attached hydrogens (tertiary/aromatic N) is 2. The molecule has 16 heavy (non-hydrogen) atoms. The van der Waals surface area contributed by atoms with E-state index < -0.39 is 25.4 Å². The van der Waals surface area contributed by atoms with Crippen molar-refractivity contribution in [2.45, 2.75) is 5.54 Å². The van der Waals surface area contributed by atoms with Crippen molar-refractivity contribution in [3.8, 4) is 5.88 Å². The molecule has 1 heterocycles. The van der Waals surface area contributed by atoms with E-state index >= 15 is 0 Å². The van der Waals surface area contributed by atoms with Crippen molar-refractivity contribution in [1.82, 2.24) is 10.2 Å². The predicted molar refractivity (Wildman–Crippen MR) is 58.6 cm³/mol. The van der Waals surface area contributed by atoms with Gasteiger partial charge in [-0.05, 0) is 0 Å². The highest BCUT2D eigenvalue weighted by atomic mass is 35.5. The molecule has 1 aromatic heterocycles. The molecule has 92 valence electrons. The molecule has 7 nitrogen and oxygen atoms in total. The predicted octanol–water partition coefficient (Wildman–Crippen LogP) is -1.27. The fourth-order valence-electron chi connectivity index (χ4n) is 0.999. The lowest BCUT2D eigenvalue weighted by Crippen LogP contribution is -2.49. The van der Waals surface area contributed by atoms with Crippen LogP contribution in [0.2, 0.25) is 0 Å². The molecular formula is C8H14ClN3O4. The van der Waals surface area contributed by atoms with Crippen LogP contribution in [0.3, 0.4) is 0 Å². The standard InChI is InChI=1S/C8H13N3O4.ClH/c12-3-8(4-13,5-14)10-6-1-7(15)11-9-2-6;/h1-2,12-14H,3-5H2,(H2,10,11,15);1H. The van der Waals surface area contributed by atoms with Crippen LogP contribution in [0.4, 0.5) is 5.69 Å². The van der Waals surface area contributed by atoms with Gasteiger partial charge in [-0.3, -0.25) is 0 Å². The SMILES string of the molecule is Cl.OCC(CO)(CO)Nc1cnnc(O)c1. The summed E-state index contributed by atoms with van der Waals surface area (Å²) in [4.78, 5) is 0. The number of hydrogen-bond acceptors (Lipinski definition) is 7. The van der Waals surface area contributed by atoms with Crippen LogP contribution >= 0.6 is 12.4 Å². The fourth-order valence-corrected chi connectivity index (χ4v) is 0.999. The second-order valence-electron chi connectivity index (χ2n) is 3.18. The van der Waals surface area contributed by atoms with Crippen LogP contribution in [-0.2, 0) is 0 Å². The van der Waals surface area contributed by atoms with Gasteiger partial charge in [0.1, 0.15) is 5.54 Å². The van der Waals surface area contributed by atoms with Gasteiger partial charge in [0, 0.05) is 6.07 Å². The number of halogens is 1. The molecule has 0 aliphatic heterocycles. The lowest BCUT2D eigenvalue weighted by atomic mass is 10.0. The van der Waals surface area contributed by atoms with Gasteiger partial charge in [0.25, 0.3) is 0 Å². The maximum absolute atomic E-state index is 9.03. The maximum Gasteiger partial charge on any atom is 0.232 e. The van der Waals surface area contributed by atoms with Crippen molar-refractivity contribution in [3.05, 3.63) is 12.3 Å². The topological polar surface area (TPSA) is 119 Å². The molecule has 1 rings (SSSR count). The molecule has 0 spiro atoms. The lowest BCUT2D eigenvalue weighted by molar-refractivity contribution is 0.0833. The van der Waals surface area contributed by atoms with Crippen molar-refractivity contribution in [3.63, 3.8) is 0 Å². The molecule has 8 heteroatoms. The highest BCUT2D eigenvalue weighted by Crippen LogP contribution is 2.16. The Labute approximate surface area is 98.2 Å². The summed E-state index contributed by atoms with van der Waals surface area (Å²) in [5.41, 5.74) is -0.894. The van der Waals surface area contributed by atoms with E-state index in [-0.39, 0.29) is 18.3 Å². The minimum Gasteiger partial charge on any atom is -0.492 e. The highest BCUT2D eigenvalue weighted by Gasteiger charge is 2.27. The van der Waals surface area contributed by atoms with Crippen LogP contribution < -0.4 is 5.32 Å². The molecule has 0 amide bonds. The minimum atomic E-state index is -1.24. The second-order valence-corrected chi connectivity index (χ2v) is 3.18. The molecular weight excluding hydrogens is 238 g/mol. The van der Waals surface area contributed by atoms with Gasteiger partial charge < -0.3 is 25.7 Å². The Hall–Kier alpha value is -1.15. The second kappa shape index (κ2) is 6.44. The first-order valence-electron chi connectivity index (χ1n) is 4.28. The molecule has 0 radical (unpaired) electrons. The zero-order chi connectivity index (χ0) is 11.3. The Morgan fingerprint density at radius 3 is 2.19 bits per heavy atom. The molecule has 0 saturated carbocycles. The minimum absolute atomic E-state index is 0. The molecule has 0 bridgehead atoms. The molecule has 5 N–H and O–H groups in total. The molecule has 0 saturated heterocycles. The van der Waals surface area contributed by atoms with Gasteiger partial charge in [-0.15, -0.1) is 17.5 Å². The van der Waals surface area contributed by atoms with Crippen LogP contribution in [0.1, 0.15) is 0 Å². The Morgan fingerprint density at radius 1 is 1.19 bits per heavy atom. The monoisotopic (exact) mass is 251 g/mol. The van der Waals surface area contributed by atoms with Gasteiger partial charge >= 0.3 is 0 Å². The van der Waals surface area contributed by atoms with Crippen molar-refractivity contribution >= 4 is 18.1 Å². The summed E-state index contributed by atoms with van der Waals surface area (Å²) in [6.45, 7) is -1.37. The first-order chi connectivity index (χ1) is 7.15. The number of aromatic nitrogens is 2. The first kappa shape index (κ1) is 14.8. The van der Waals surface area contributed by atoms with Crippen LogP contribution in [0.5, 0.6) is 5.88 Å². The maximum atomic E-state index is 9.03. The summed E-state index contributed by atoms with van der Waals surface area (Å²) in [5, 5.41) is 45.6. The van der Waals surface area contributed by atoms with Crippen LogP contribution in [0, 0.1) is 0 Å². The molecule has 0 fully saturated rings. The number of hydrogen-bond donors (Lipinski definition) is 5. The molecule has 1 aromatic rings. The smallest absolute Gasteiger partial charge is 0.232 e. The summed E-state index contributed by atoms with van der Waals surface area (Å²) in [6.07, 6.45) is 1.30. The largest absolute Gasteiger partial charge is 0.492 e. The summed E-state index contributed by atoms with van der Waals surface area (Å²) in [5.74, 6) is -0.289. The van der Waals surface area contributed by atoms with Crippen molar-refractivity contribution in [2.75, 3.05) is 25.1 Å². The van der Waals surface area contributed by atoms with Gasteiger partial charge in [-0.1, -0.05) is 0 Å². The van der Waals surface area contributed by atoms with Gasteiger partial charge in [-0.25, -0.2) is 0 Å². The summed E-state index contributed by atoms with van der Waals surface area (Å²) in [6, 6.07) is 1.27. The molecule has 0 unspecified atom stereocenters. The molecule has 0 aliphatic rings. The number of anilines is 1. The number of aliphatic hydroxyl groups is 3. The zero-order valence-corrected chi connectivity index (χ0v) is 9.18. The number of aromatic hydroxyl groups is 1. The van der Waals surface area contributed by atoms with Gasteiger partial charge in [-0.2, -0.15) is 5.10 Å². The third-order valence-corrected chi connectivity index (χ3v) is 1.96. The van der Waals surface area contributed by atoms with Crippen molar-refractivity contribution < 1.29 is 20.4 Å². The van der Waals surface area contributed by atoms with Crippen LogP contribution in [-0.4, -0.2) is 56.0 Å². The molecule has 0 aliphatic carbocycles. The van der Waals surface area contributed by atoms with E-state index in [1.807, 2.05) is 0 Å². The Morgan fingerprint density at radius 2 is 1.75 bits per heavy atom. The van der Waals surface area contributed by atoms with E-state index in [4.69, 9.17) is 20.4 Å². The fraction of sp³-hybridized carbons (Fsp3) is 0.500. The van der Waals surface area contributed by atoms with E-state index in [0.29, 0.717) is 5.69 Å². The third kappa shape index (κ3) is 3.46. The van der Waals surface area contributed by atoms with E-state index in [0.717, 1.165) is 0 Å². The van der Waals surface area contributed by atoms with E-state index in [2.05, 4.69) is 15.5 Å². The zero-order valence-electron chi connectivity index (χ0n) is 8.37. The van der Waals surface area contributed by atoms with E-state index in [1.165, 1.54) is 12.3 Å². The molecule has 0 atom stereocenters. The average molecular weight is 252 g/mol. The van der Waals surface area contributed by atoms with Gasteiger partial charge in [0.15, 0.2) is 0 Å². The van der Waals surface area contributed by atoms with Crippen LogP contribution in [0.25, 0.3) is 0 Å². The van der Waals surface area contributed by atoms with Crippen LogP contribution in [0.15, 0.2) is 12.3 Å². The Balaban J connectivity index is 0.00000225. The third-order valence-electron chi connectivity index (χ3n) is 1.96. The quantitative estimate of drug-likeness (QED) is 0.443. The number of aliphatic hydroxyl groups excluding tert-OH is 3. The Bertz CT molecular complexity index is 314. The average Bonchev–Trinajstić information content (AvgIpc) is 2.26. The van der Waals surface area contributed by atoms with E-state index in [1.54, 1.807) is 0 Å². The summed E-state index contributed by atoms with van der Waals surface area (Å²) >= 11 is 0. The Kier molecular flexibility index (Phi) is 5.97. The van der Waals surface area contributed by atoms with Gasteiger partial charge in [0.2, 0.25) is 5.88 Å². The normalized spacial score (nSPS) is 10.7. The number of rotatable bonds is 5. The van der Waals surface area contributed by atoms with Gasteiger partial charge in [0.05, 0.1) is 31.7 Å². The molecule has 0 aromatic carbocycles. The van der Waals surface area contributed by atoms with Crippen molar-refractivity contribution in [1.29, 1.82) is 0 Å². The lowest BCUT2D eigenvalue weighted by Gasteiger charge is -2.29. The first-order valence-corrected chi connectivity index (χ1v) is 4.28. The number of nitrogens with one attached hydrogen (secondary N) is 1.